The molecule has 0 aliphatic heterocycles. The number of para-hydroxylation sites is 1. The van der Waals surface area contributed by atoms with Gasteiger partial charge >= 0.3 is 6.61 Å². The molecule has 1 aromatic heterocycles. The molecule has 0 saturated heterocycles. The molecule has 2 rings (SSSR count). The molecule has 0 bridgehead atoms. The number of carbonyl (C=O) groups is 1. The van der Waals surface area contributed by atoms with Crippen LogP contribution in [-0.2, 0) is 0 Å². The summed E-state index contributed by atoms with van der Waals surface area (Å²) in [5, 5.41) is 2.69. The van der Waals surface area contributed by atoms with Crippen molar-refractivity contribution in [2.45, 2.75) is 32.9 Å². The van der Waals surface area contributed by atoms with Crippen LogP contribution in [0.25, 0.3) is 0 Å². The molecule has 1 unspecified atom stereocenters. The van der Waals surface area contributed by atoms with Crippen LogP contribution in [0.4, 0.5) is 8.78 Å². The van der Waals surface area contributed by atoms with Crippen LogP contribution in [0.5, 0.6) is 5.75 Å². The van der Waals surface area contributed by atoms with Crippen LogP contribution in [0.15, 0.2) is 41.2 Å². The quantitative estimate of drug-likeness (QED) is 0.851. The van der Waals surface area contributed by atoms with Gasteiger partial charge in [-0.2, -0.15) is 8.78 Å². The molecule has 24 heavy (non-hydrogen) atoms. The molecule has 0 radical (unpaired) electrons. The van der Waals surface area contributed by atoms with Gasteiger partial charge in [-0.05, 0) is 31.5 Å². The van der Waals surface area contributed by atoms with E-state index in [4.69, 9.17) is 0 Å². The second kappa shape index (κ2) is 7.72. The number of amides is 1. The van der Waals surface area contributed by atoms with E-state index in [0.717, 1.165) is 0 Å². The Hall–Kier alpha value is -2.70. The number of benzene rings is 1. The highest BCUT2D eigenvalue weighted by Gasteiger charge is 2.20. The maximum Gasteiger partial charge on any atom is 0.387 e. The maximum atomic E-state index is 12.5. The molecule has 5 nitrogen and oxygen atoms in total. The van der Waals surface area contributed by atoms with Gasteiger partial charge in [0.05, 0.1) is 6.04 Å². The van der Waals surface area contributed by atoms with Crippen LogP contribution in [-0.4, -0.2) is 17.5 Å². The molecular weight excluding hydrogens is 318 g/mol. The molecule has 1 aromatic carbocycles. The Labute approximate surface area is 137 Å². The largest absolute Gasteiger partial charge is 0.434 e. The van der Waals surface area contributed by atoms with Crippen molar-refractivity contribution in [1.82, 2.24) is 10.3 Å². The first-order valence-electron chi connectivity index (χ1n) is 7.47. The van der Waals surface area contributed by atoms with E-state index in [0.29, 0.717) is 17.7 Å². The molecule has 7 heteroatoms. The summed E-state index contributed by atoms with van der Waals surface area (Å²) in [5.74, 6) is -0.576. The molecule has 1 amide bonds. The van der Waals surface area contributed by atoms with Crippen LogP contribution < -0.4 is 15.6 Å². The van der Waals surface area contributed by atoms with E-state index in [1.807, 2.05) is 0 Å². The monoisotopic (exact) mass is 336 g/mol. The van der Waals surface area contributed by atoms with Gasteiger partial charge in [-0.3, -0.25) is 9.59 Å². The third-order valence-electron chi connectivity index (χ3n) is 3.52. The smallest absolute Gasteiger partial charge is 0.387 e. The lowest BCUT2D eigenvalue weighted by Gasteiger charge is -2.20. The molecule has 0 spiro atoms. The highest BCUT2D eigenvalue weighted by atomic mass is 19.3. The minimum atomic E-state index is -2.96. The summed E-state index contributed by atoms with van der Waals surface area (Å²) in [6.07, 6.45) is 0.444. The summed E-state index contributed by atoms with van der Waals surface area (Å²) in [6, 6.07) is 8.73. The predicted octanol–water partition coefficient (Wildman–Crippen LogP) is 3.17. The average Bonchev–Trinajstić information content (AvgIpc) is 2.52. The SMILES string of the molecule is CCC(NC(=O)c1ccc(C)[nH]c1=O)c1ccccc1OC(F)F. The first kappa shape index (κ1) is 17.7. The molecule has 0 fully saturated rings. The number of rotatable bonds is 6. The van der Waals surface area contributed by atoms with Crippen molar-refractivity contribution in [2.75, 3.05) is 0 Å². The third-order valence-corrected chi connectivity index (χ3v) is 3.52. The van der Waals surface area contributed by atoms with Gasteiger partial charge < -0.3 is 15.0 Å². The van der Waals surface area contributed by atoms with E-state index in [9.17, 15) is 18.4 Å². The van der Waals surface area contributed by atoms with E-state index >= 15 is 0 Å². The van der Waals surface area contributed by atoms with Crippen LogP contribution in [0.3, 0.4) is 0 Å². The van der Waals surface area contributed by atoms with E-state index in [1.165, 1.54) is 12.1 Å². The Morgan fingerprint density at radius 3 is 2.58 bits per heavy atom. The standard InChI is InChI=1S/C17H18F2N2O3/c1-3-13(11-6-4-5-7-14(11)24-17(18)19)21-16(23)12-9-8-10(2)20-15(12)22/h4-9,13,17H,3H2,1-2H3,(H,20,22)(H,21,23). The number of aromatic amines is 1. The number of hydrogen-bond acceptors (Lipinski definition) is 3. The number of hydrogen-bond donors (Lipinski definition) is 2. The summed E-state index contributed by atoms with van der Waals surface area (Å²) in [6.45, 7) is 0.540. The molecule has 1 atom stereocenters. The van der Waals surface area contributed by atoms with E-state index in [1.54, 1.807) is 38.1 Å². The zero-order chi connectivity index (χ0) is 17.7. The molecule has 0 aliphatic carbocycles. The second-order valence-corrected chi connectivity index (χ2v) is 5.23. The highest BCUT2D eigenvalue weighted by molar-refractivity contribution is 5.94. The van der Waals surface area contributed by atoms with Crippen molar-refractivity contribution in [1.29, 1.82) is 0 Å². The Kier molecular flexibility index (Phi) is 5.68. The Bertz CT molecular complexity index is 774. The summed E-state index contributed by atoms with van der Waals surface area (Å²) >= 11 is 0. The van der Waals surface area contributed by atoms with Gasteiger partial charge in [-0.1, -0.05) is 25.1 Å². The first-order valence-corrected chi connectivity index (χ1v) is 7.47. The number of aromatic nitrogens is 1. The van der Waals surface area contributed by atoms with Gasteiger partial charge in [0, 0.05) is 11.3 Å². The first-order chi connectivity index (χ1) is 11.4. The van der Waals surface area contributed by atoms with Gasteiger partial charge in [0.15, 0.2) is 0 Å². The van der Waals surface area contributed by atoms with Crippen molar-refractivity contribution < 1.29 is 18.3 Å². The fourth-order valence-corrected chi connectivity index (χ4v) is 2.36. The van der Waals surface area contributed by atoms with Crippen LogP contribution in [0.1, 0.15) is 41.0 Å². The summed E-state index contributed by atoms with van der Waals surface area (Å²) < 4.78 is 29.6. The van der Waals surface area contributed by atoms with Crippen molar-refractivity contribution >= 4 is 5.91 Å². The van der Waals surface area contributed by atoms with Crippen molar-refractivity contribution in [3.63, 3.8) is 0 Å². The van der Waals surface area contributed by atoms with Crippen molar-refractivity contribution in [2.24, 2.45) is 0 Å². The topological polar surface area (TPSA) is 71.2 Å². The van der Waals surface area contributed by atoms with Gasteiger partial charge in [-0.25, -0.2) is 0 Å². The van der Waals surface area contributed by atoms with E-state index in [-0.39, 0.29) is 11.3 Å². The number of pyridine rings is 1. The van der Waals surface area contributed by atoms with Gasteiger partial charge in [0.25, 0.3) is 11.5 Å². The van der Waals surface area contributed by atoms with E-state index < -0.39 is 24.1 Å². The molecule has 2 aromatic rings. The number of alkyl halides is 2. The zero-order valence-corrected chi connectivity index (χ0v) is 13.3. The molecule has 0 aliphatic rings. The maximum absolute atomic E-state index is 12.5. The fraction of sp³-hybridized carbons (Fsp3) is 0.294. The molecule has 2 N–H and O–H groups in total. The van der Waals surface area contributed by atoms with E-state index in [2.05, 4.69) is 15.0 Å². The minimum Gasteiger partial charge on any atom is -0.434 e. The van der Waals surface area contributed by atoms with Crippen molar-refractivity contribution in [3.8, 4) is 5.75 Å². The summed E-state index contributed by atoms with van der Waals surface area (Å²) in [4.78, 5) is 26.7. The zero-order valence-electron chi connectivity index (χ0n) is 13.3. The lowest BCUT2D eigenvalue weighted by molar-refractivity contribution is -0.0506. The second-order valence-electron chi connectivity index (χ2n) is 5.23. The molecular formula is C17H18F2N2O3. The van der Waals surface area contributed by atoms with Crippen LogP contribution >= 0.6 is 0 Å². The highest BCUT2D eigenvalue weighted by Crippen LogP contribution is 2.28. The number of ether oxygens (including phenoxy) is 1. The van der Waals surface area contributed by atoms with Crippen molar-refractivity contribution in [3.05, 3.63) is 63.6 Å². The van der Waals surface area contributed by atoms with Crippen LogP contribution in [0, 0.1) is 6.92 Å². The third kappa shape index (κ3) is 4.18. The molecule has 128 valence electrons. The Balaban J connectivity index is 2.26. The van der Waals surface area contributed by atoms with Gasteiger partial charge in [0.1, 0.15) is 11.3 Å². The summed E-state index contributed by atoms with van der Waals surface area (Å²) in [5.41, 5.74) is 0.530. The molecule has 1 heterocycles. The Morgan fingerprint density at radius 2 is 1.96 bits per heavy atom. The Morgan fingerprint density at radius 1 is 1.25 bits per heavy atom. The predicted molar refractivity (Wildman–Crippen MR) is 85.4 cm³/mol. The van der Waals surface area contributed by atoms with Gasteiger partial charge in [-0.15, -0.1) is 0 Å². The number of halogens is 2. The van der Waals surface area contributed by atoms with Gasteiger partial charge in [0.2, 0.25) is 0 Å². The molecule has 0 saturated carbocycles. The minimum absolute atomic E-state index is 0.00235. The lowest BCUT2D eigenvalue weighted by atomic mass is 10.0. The number of carbonyl (C=O) groups excluding carboxylic acids is 1. The number of H-pyrrole nitrogens is 1. The number of nitrogens with one attached hydrogen (secondary N) is 2. The lowest BCUT2D eigenvalue weighted by Crippen LogP contribution is -2.33. The normalized spacial score (nSPS) is 12.0. The fourth-order valence-electron chi connectivity index (χ4n) is 2.36. The summed E-state index contributed by atoms with van der Waals surface area (Å²) in [7, 11) is 0. The number of aryl methyl sites for hydroxylation is 1. The average molecular weight is 336 g/mol. The van der Waals surface area contributed by atoms with Crippen LogP contribution in [0.2, 0.25) is 0 Å².